The molecule has 0 N–H and O–H groups in total. The first-order valence-corrected chi connectivity index (χ1v) is 7.23. The smallest absolute Gasteiger partial charge is 0.546 e. The van der Waals surface area contributed by atoms with Gasteiger partial charge in [-0.15, -0.1) is 0 Å². The van der Waals surface area contributed by atoms with Crippen LogP contribution in [0, 0.1) is 0 Å². The molecule has 0 amide bonds. The van der Waals surface area contributed by atoms with Crippen LogP contribution in [0.15, 0.2) is 46.9 Å². The molecule has 0 aliphatic rings. The van der Waals surface area contributed by atoms with Gasteiger partial charge in [-0.1, -0.05) is 27.5 Å². The van der Waals surface area contributed by atoms with Gasteiger partial charge in [-0.05, 0) is 49.4 Å². The van der Waals surface area contributed by atoms with Gasteiger partial charge < -0.3 is 19.4 Å². The van der Waals surface area contributed by atoms with Crippen LogP contribution in [0.3, 0.4) is 0 Å². The molecule has 22 heavy (non-hydrogen) atoms. The normalized spacial score (nSPS) is 11.2. The Bertz CT molecular complexity index is 648. The van der Waals surface area contributed by atoms with Crippen molar-refractivity contribution in [1.29, 1.82) is 0 Å². The summed E-state index contributed by atoms with van der Waals surface area (Å²) in [6.45, 7) is 1.40. The molecule has 0 aliphatic carbocycles. The molecule has 0 bridgehead atoms. The molecule has 2 aromatic rings. The summed E-state index contributed by atoms with van der Waals surface area (Å²) in [6.07, 6.45) is -1.02. The van der Waals surface area contributed by atoms with E-state index in [-0.39, 0.29) is 51.4 Å². The fraction of sp³-hybridized carbons (Fsp3) is 0.133. The van der Waals surface area contributed by atoms with Gasteiger partial charge in [0.1, 0.15) is 23.4 Å². The van der Waals surface area contributed by atoms with Crippen molar-refractivity contribution in [2.45, 2.75) is 13.0 Å². The number of carbonyl (C=O) groups excluding carboxylic acids is 1. The topological polar surface area (TPSA) is 58.6 Å². The fourth-order valence-electron chi connectivity index (χ4n) is 1.52. The molecule has 110 valence electrons. The van der Waals surface area contributed by atoms with Gasteiger partial charge in [0.15, 0.2) is 0 Å². The van der Waals surface area contributed by atoms with Crippen LogP contribution in [0.25, 0.3) is 0 Å². The number of aliphatic carboxylic acids is 1. The molecule has 0 aliphatic heterocycles. The summed E-state index contributed by atoms with van der Waals surface area (Å²) in [5.41, 5.74) is 0. The molecule has 2 aromatic carbocycles. The number of hydrogen-bond donors (Lipinski definition) is 0. The Labute approximate surface area is 184 Å². The summed E-state index contributed by atoms with van der Waals surface area (Å²) in [4.78, 5) is 10.6. The first-order chi connectivity index (χ1) is 9.95. The molecule has 2 rings (SSSR count). The number of ether oxygens (including phenoxy) is 2. The van der Waals surface area contributed by atoms with Gasteiger partial charge in [-0.25, -0.2) is 0 Å². The molecule has 0 heterocycles. The maximum absolute atomic E-state index is 10.6. The minimum atomic E-state index is -1.27. The average Bonchev–Trinajstić information content (AvgIpc) is 2.43. The van der Waals surface area contributed by atoms with E-state index in [0.29, 0.717) is 22.3 Å². The van der Waals surface area contributed by atoms with E-state index in [2.05, 4.69) is 15.9 Å². The van der Waals surface area contributed by atoms with E-state index in [1.807, 2.05) is 6.07 Å². The van der Waals surface area contributed by atoms with E-state index in [0.717, 1.165) is 4.47 Å². The summed E-state index contributed by atoms with van der Waals surface area (Å²) in [5, 5.41) is 11.1. The van der Waals surface area contributed by atoms with Crippen molar-refractivity contribution in [2.24, 2.45) is 0 Å². The van der Waals surface area contributed by atoms with E-state index in [4.69, 9.17) is 21.1 Å². The SMILES string of the molecule is C[C@@H](Oc1ccc(Oc2ccc(Br)cc2Cl)cc1)C(=O)[O-].[K+]. The largest absolute Gasteiger partial charge is 1.00 e. The molecule has 0 fully saturated rings. The molecule has 0 saturated heterocycles. The zero-order chi connectivity index (χ0) is 15.4. The van der Waals surface area contributed by atoms with Crippen molar-refractivity contribution in [3.63, 3.8) is 0 Å². The number of carboxylic acid groups (broad SMARTS) is 1. The van der Waals surface area contributed by atoms with E-state index in [1.54, 1.807) is 36.4 Å². The number of carboxylic acids is 1. The summed E-state index contributed by atoms with van der Waals surface area (Å²) < 4.78 is 11.7. The van der Waals surface area contributed by atoms with Gasteiger partial charge in [-0.3, -0.25) is 0 Å². The molecule has 0 spiro atoms. The van der Waals surface area contributed by atoms with Crippen molar-refractivity contribution < 1.29 is 70.8 Å². The van der Waals surface area contributed by atoms with Crippen LogP contribution >= 0.6 is 27.5 Å². The predicted molar refractivity (Wildman–Crippen MR) is 80.8 cm³/mol. The Morgan fingerprint density at radius 2 is 1.77 bits per heavy atom. The molecule has 0 unspecified atom stereocenters. The molecule has 0 saturated carbocycles. The van der Waals surface area contributed by atoms with Crippen molar-refractivity contribution in [3.8, 4) is 17.2 Å². The monoisotopic (exact) mass is 408 g/mol. The third-order valence-electron chi connectivity index (χ3n) is 2.59. The third-order valence-corrected chi connectivity index (χ3v) is 3.38. The van der Waals surface area contributed by atoms with E-state index < -0.39 is 12.1 Å². The van der Waals surface area contributed by atoms with Crippen molar-refractivity contribution in [1.82, 2.24) is 0 Å². The van der Waals surface area contributed by atoms with Gasteiger partial charge >= 0.3 is 51.4 Å². The first kappa shape index (κ1) is 20.0. The second-order valence-corrected chi connectivity index (χ2v) is 5.55. The zero-order valence-electron chi connectivity index (χ0n) is 12.0. The summed E-state index contributed by atoms with van der Waals surface area (Å²) in [6, 6.07) is 11.8. The fourth-order valence-corrected chi connectivity index (χ4v) is 2.24. The van der Waals surface area contributed by atoms with Crippen LogP contribution in [-0.2, 0) is 4.79 Å². The number of carbonyl (C=O) groups is 1. The Kier molecular flexibility index (Phi) is 8.41. The zero-order valence-corrected chi connectivity index (χ0v) is 17.5. The van der Waals surface area contributed by atoms with Crippen molar-refractivity contribution >= 4 is 33.5 Å². The predicted octanol–water partition coefficient (Wildman–Crippen LogP) is 0.416. The Hall–Kier alpha value is -0.0836. The van der Waals surface area contributed by atoms with Gasteiger partial charge in [0, 0.05) is 4.47 Å². The molecule has 4 nitrogen and oxygen atoms in total. The number of hydrogen-bond acceptors (Lipinski definition) is 4. The summed E-state index contributed by atoms with van der Waals surface area (Å²) in [7, 11) is 0. The minimum Gasteiger partial charge on any atom is -0.546 e. The van der Waals surface area contributed by atoms with Crippen LogP contribution < -0.4 is 66.0 Å². The average molecular weight is 410 g/mol. The molecule has 0 radical (unpaired) electrons. The van der Waals surface area contributed by atoms with E-state index in [9.17, 15) is 9.90 Å². The summed E-state index contributed by atoms with van der Waals surface area (Å²) in [5.74, 6) is 0.238. The van der Waals surface area contributed by atoms with E-state index in [1.165, 1.54) is 6.92 Å². The van der Waals surface area contributed by atoms with Gasteiger partial charge in [-0.2, -0.15) is 0 Å². The second-order valence-electron chi connectivity index (χ2n) is 4.23. The van der Waals surface area contributed by atoms with Crippen molar-refractivity contribution in [2.75, 3.05) is 0 Å². The molecule has 1 atom stereocenters. The molecule has 0 aromatic heterocycles. The maximum Gasteiger partial charge on any atom is 1.00 e. The molecular weight excluding hydrogens is 399 g/mol. The first-order valence-electron chi connectivity index (χ1n) is 6.06. The van der Waals surface area contributed by atoms with Crippen LogP contribution in [0.1, 0.15) is 6.92 Å². The number of rotatable bonds is 5. The van der Waals surface area contributed by atoms with Crippen LogP contribution in [0.2, 0.25) is 5.02 Å². The van der Waals surface area contributed by atoms with Crippen LogP contribution in [0.4, 0.5) is 0 Å². The van der Waals surface area contributed by atoms with Crippen molar-refractivity contribution in [3.05, 3.63) is 52.0 Å². The minimum absolute atomic E-state index is 0. The van der Waals surface area contributed by atoms with Crippen LogP contribution in [-0.4, -0.2) is 12.1 Å². The van der Waals surface area contributed by atoms with Crippen LogP contribution in [0.5, 0.6) is 17.2 Å². The van der Waals surface area contributed by atoms with Gasteiger partial charge in [0.05, 0.1) is 11.0 Å². The number of benzene rings is 2. The van der Waals surface area contributed by atoms with Gasteiger partial charge in [0.25, 0.3) is 0 Å². The summed E-state index contributed by atoms with van der Waals surface area (Å²) >= 11 is 9.38. The second kappa shape index (κ2) is 9.27. The van der Waals surface area contributed by atoms with E-state index >= 15 is 0 Å². The Morgan fingerprint density at radius 1 is 1.18 bits per heavy atom. The number of halogens is 2. The Balaban J connectivity index is 0.00000242. The van der Waals surface area contributed by atoms with Gasteiger partial charge in [0.2, 0.25) is 0 Å². The maximum atomic E-state index is 10.6. The molecule has 7 heteroatoms. The quantitative estimate of drug-likeness (QED) is 0.672. The Morgan fingerprint density at radius 3 is 2.32 bits per heavy atom. The standard InChI is InChI=1S/C15H12BrClO4.K/c1-9(15(18)19)20-11-3-5-12(6-4-11)21-14-7-2-10(16)8-13(14)17;/h2-9H,1H3,(H,18,19);/q;+1/p-1/t9-;/m1./s1. The third kappa shape index (κ3) is 5.85. The molecular formula is C15H11BrClKO4.